The number of hydrogen-bond acceptors (Lipinski definition) is 3. The smallest absolute Gasteiger partial charge is 0.320 e. The summed E-state index contributed by atoms with van der Waals surface area (Å²) in [6.45, 7) is 0. The van der Waals surface area contributed by atoms with Gasteiger partial charge < -0.3 is 15.9 Å². The van der Waals surface area contributed by atoms with Gasteiger partial charge >= 0.3 is 5.97 Å². The molecule has 0 bridgehead atoms. The van der Waals surface area contributed by atoms with Crippen molar-refractivity contribution in [2.45, 2.75) is 12.4 Å². The number of benzene rings is 1. The fraction of sp³-hybridized carbons (Fsp3) is 0.222. The van der Waals surface area contributed by atoms with Crippen LogP contribution in [0.4, 0.5) is 0 Å². The molecule has 4 N–H and O–H groups in total. The van der Waals surface area contributed by atoms with Gasteiger partial charge in [0.05, 0.1) is 4.11 Å². The Morgan fingerprint density at radius 2 is 2.46 bits per heavy atom. The SMILES string of the molecule is [2H]c1c(O)cc(C([2H])([2H])[C@H](N)C(=O)O)c([2H])c1[2H]. The maximum absolute atomic E-state index is 10.7. The van der Waals surface area contributed by atoms with Crippen molar-refractivity contribution in [1.29, 1.82) is 0 Å². The van der Waals surface area contributed by atoms with Gasteiger partial charge in [0.15, 0.2) is 0 Å². The van der Waals surface area contributed by atoms with Crippen LogP contribution in [0.25, 0.3) is 0 Å². The van der Waals surface area contributed by atoms with Gasteiger partial charge in [0.2, 0.25) is 0 Å². The maximum atomic E-state index is 10.7. The minimum atomic E-state index is -2.64. The Labute approximate surface area is 82.6 Å². The standard InChI is InChI=1S/C9H11NO3/c10-8(9(12)13)5-6-2-1-3-7(11)4-6/h1-4,8,11H,5,10H2,(H,12,13)/t8-/m0/s1/i1D,2D,3D,5D2. The molecule has 70 valence electrons. The molecule has 0 aliphatic carbocycles. The summed E-state index contributed by atoms with van der Waals surface area (Å²) in [6.07, 6.45) is -2.64. The van der Waals surface area contributed by atoms with E-state index in [1.807, 2.05) is 0 Å². The number of phenolic OH excluding ortho intramolecular Hbond substituents is 1. The van der Waals surface area contributed by atoms with Crippen molar-refractivity contribution in [3.63, 3.8) is 0 Å². The Hall–Kier alpha value is -1.55. The summed E-state index contributed by atoms with van der Waals surface area (Å²) in [6, 6.07) is -3.17. The van der Waals surface area contributed by atoms with Gasteiger partial charge in [0.1, 0.15) is 11.8 Å². The molecule has 0 radical (unpaired) electrons. The van der Waals surface area contributed by atoms with E-state index >= 15 is 0 Å². The third-order valence-corrected chi connectivity index (χ3v) is 1.25. The lowest BCUT2D eigenvalue weighted by Gasteiger charge is -2.05. The predicted molar refractivity (Wildman–Crippen MR) is 47.4 cm³/mol. The number of carboxylic acids is 1. The van der Waals surface area contributed by atoms with Gasteiger partial charge in [-0.15, -0.1) is 0 Å². The second-order valence-electron chi connectivity index (χ2n) is 2.28. The van der Waals surface area contributed by atoms with Gasteiger partial charge in [0.25, 0.3) is 0 Å². The van der Waals surface area contributed by atoms with Crippen LogP contribution in [0, 0.1) is 0 Å². The predicted octanol–water partition coefficient (Wildman–Crippen LogP) is 0.347. The van der Waals surface area contributed by atoms with Gasteiger partial charge in [-0.2, -0.15) is 0 Å². The number of rotatable bonds is 3. The van der Waals surface area contributed by atoms with E-state index in [1.54, 1.807) is 0 Å². The summed E-state index contributed by atoms with van der Waals surface area (Å²) in [5.41, 5.74) is 4.65. The van der Waals surface area contributed by atoms with Crippen LogP contribution < -0.4 is 5.73 Å². The average molecular weight is 186 g/mol. The molecule has 4 heteroatoms. The molecular formula is C9H11NO3. The van der Waals surface area contributed by atoms with Crippen LogP contribution in [0.15, 0.2) is 24.2 Å². The van der Waals surface area contributed by atoms with Crippen molar-refractivity contribution in [2.75, 3.05) is 0 Å². The third-order valence-electron chi connectivity index (χ3n) is 1.25. The van der Waals surface area contributed by atoms with E-state index in [2.05, 4.69) is 0 Å². The monoisotopic (exact) mass is 186 g/mol. The van der Waals surface area contributed by atoms with Gasteiger partial charge in [0, 0.05) is 2.74 Å². The van der Waals surface area contributed by atoms with E-state index in [9.17, 15) is 9.90 Å². The number of phenols is 1. The van der Waals surface area contributed by atoms with Gasteiger partial charge in [-0.3, -0.25) is 4.79 Å². The highest BCUT2D eigenvalue weighted by Crippen LogP contribution is 2.11. The summed E-state index contributed by atoms with van der Waals surface area (Å²) in [7, 11) is 0. The number of aromatic hydroxyl groups is 1. The van der Waals surface area contributed by atoms with Crippen LogP contribution in [-0.2, 0) is 11.2 Å². The van der Waals surface area contributed by atoms with Crippen molar-refractivity contribution in [3.8, 4) is 5.75 Å². The Balaban J connectivity index is 3.47. The molecule has 0 saturated carbocycles. The molecule has 1 aromatic carbocycles. The Bertz CT molecular complexity index is 505. The van der Waals surface area contributed by atoms with Crippen LogP contribution in [0.3, 0.4) is 0 Å². The molecular weight excluding hydrogens is 170 g/mol. The summed E-state index contributed by atoms with van der Waals surface area (Å²) in [5, 5.41) is 18.0. The van der Waals surface area contributed by atoms with Crippen molar-refractivity contribution < 1.29 is 21.9 Å². The number of hydrogen-bond donors (Lipinski definition) is 3. The van der Waals surface area contributed by atoms with E-state index < -0.39 is 47.8 Å². The lowest BCUT2D eigenvalue weighted by Crippen LogP contribution is -2.32. The van der Waals surface area contributed by atoms with E-state index in [4.69, 9.17) is 17.7 Å². The molecule has 1 atom stereocenters. The van der Waals surface area contributed by atoms with E-state index in [0.29, 0.717) is 0 Å². The summed E-state index contributed by atoms with van der Waals surface area (Å²) < 4.78 is 37.3. The fourth-order valence-corrected chi connectivity index (χ4v) is 0.679. The largest absolute Gasteiger partial charge is 0.508 e. The molecule has 0 aliphatic heterocycles. The molecule has 0 spiro atoms. The molecule has 13 heavy (non-hydrogen) atoms. The van der Waals surface area contributed by atoms with E-state index in [1.165, 1.54) is 0 Å². The highest BCUT2D eigenvalue weighted by molar-refractivity contribution is 5.73. The second-order valence-corrected chi connectivity index (χ2v) is 2.28. The van der Waals surface area contributed by atoms with Crippen LogP contribution in [-0.4, -0.2) is 22.2 Å². The van der Waals surface area contributed by atoms with Crippen LogP contribution in [0.5, 0.6) is 5.75 Å². The summed E-state index contributed by atoms with van der Waals surface area (Å²) in [4.78, 5) is 10.7. The first-order chi connectivity index (χ1) is 8.10. The van der Waals surface area contributed by atoms with Gasteiger partial charge in [-0.1, -0.05) is 12.1 Å². The minimum absolute atomic E-state index is 0.532. The molecule has 4 nitrogen and oxygen atoms in total. The minimum Gasteiger partial charge on any atom is -0.508 e. The van der Waals surface area contributed by atoms with Crippen LogP contribution in [0.1, 0.15) is 12.4 Å². The molecule has 0 aliphatic rings. The first-order valence-electron chi connectivity index (χ1n) is 5.89. The number of carboxylic acid groups (broad SMARTS) is 1. The Kier molecular flexibility index (Phi) is 1.39. The third kappa shape index (κ3) is 2.76. The van der Waals surface area contributed by atoms with Crippen molar-refractivity contribution in [3.05, 3.63) is 29.8 Å². The zero-order chi connectivity index (χ0) is 14.2. The molecule has 0 heterocycles. The highest BCUT2D eigenvalue weighted by atomic mass is 16.4. The lowest BCUT2D eigenvalue weighted by atomic mass is 10.1. The van der Waals surface area contributed by atoms with E-state index in [-0.39, 0.29) is 0 Å². The van der Waals surface area contributed by atoms with Crippen LogP contribution in [0.2, 0.25) is 0 Å². The first kappa shape index (κ1) is 4.62. The maximum Gasteiger partial charge on any atom is 0.320 e. The van der Waals surface area contributed by atoms with Gasteiger partial charge in [-0.25, -0.2) is 0 Å². The van der Waals surface area contributed by atoms with Crippen LogP contribution >= 0.6 is 0 Å². The van der Waals surface area contributed by atoms with Gasteiger partial charge in [-0.05, 0) is 24.0 Å². The average Bonchev–Trinajstić information content (AvgIpc) is 2.29. The number of aliphatic carboxylic acids is 1. The summed E-state index contributed by atoms with van der Waals surface area (Å²) >= 11 is 0. The molecule has 0 unspecified atom stereocenters. The van der Waals surface area contributed by atoms with Crippen molar-refractivity contribution in [2.24, 2.45) is 5.73 Å². The fourth-order valence-electron chi connectivity index (χ4n) is 0.679. The number of carbonyl (C=O) groups is 1. The highest BCUT2D eigenvalue weighted by Gasteiger charge is 2.11. The second kappa shape index (κ2) is 3.91. The van der Waals surface area contributed by atoms with E-state index in [0.717, 1.165) is 6.07 Å². The Morgan fingerprint density at radius 3 is 3.08 bits per heavy atom. The molecule has 1 rings (SSSR count). The van der Waals surface area contributed by atoms with Crippen molar-refractivity contribution >= 4 is 5.97 Å². The Morgan fingerprint density at radius 1 is 1.77 bits per heavy atom. The normalized spacial score (nSPS) is 19.0. The topological polar surface area (TPSA) is 83.5 Å². The zero-order valence-corrected chi connectivity index (χ0v) is 6.53. The lowest BCUT2D eigenvalue weighted by molar-refractivity contribution is -0.138. The molecule has 0 saturated heterocycles. The van der Waals surface area contributed by atoms with Crippen molar-refractivity contribution in [1.82, 2.24) is 0 Å². The molecule has 0 amide bonds. The summed E-state index contributed by atoms with van der Waals surface area (Å²) in [5.74, 6) is -2.31. The quantitative estimate of drug-likeness (QED) is 0.636. The molecule has 1 aromatic rings. The zero-order valence-electron chi connectivity index (χ0n) is 11.5. The first-order valence-corrected chi connectivity index (χ1v) is 3.39. The number of nitrogens with two attached hydrogens (primary N) is 1. The molecule has 0 fully saturated rings. The molecule has 0 aromatic heterocycles.